The van der Waals surface area contributed by atoms with Crippen LogP contribution in [0.2, 0.25) is 0 Å². The van der Waals surface area contributed by atoms with Gasteiger partial charge in [-0.25, -0.2) is 0 Å². The summed E-state index contributed by atoms with van der Waals surface area (Å²) in [7, 11) is 1.88. The Kier molecular flexibility index (Phi) is 6.19. The third kappa shape index (κ3) is 4.46. The molecule has 138 valence electrons. The molecule has 0 saturated carbocycles. The maximum atomic E-state index is 5.70. The number of rotatable bonds is 4. The third-order valence-corrected chi connectivity index (χ3v) is 5.48. The van der Waals surface area contributed by atoms with Crippen molar-refractivity contribution in [3.05, 3.63) is 29.3 Å². The number of nitrogens with zero attached hydrogens (tertiary/aromatic N) is 3. The predicted octanol–water partition coefficient (Wildman–Crippen LogP) is 2.57. The van der Waals surface area contributed by atoms with E-state index in [0.717, 1.165) is 51.7 Å². The number of aryl methyl sites for hydroxylation is 1. The number of guanidine groups is 1. The quantitative estimate of drug-likeness (QED) is 0.673. The highest BCUT2D eigenvalue weighted by atomic mass is 16.5. The number of aliphatic imine (C=N–C) groups is 1. The van der Waals surface area contributed by atoms with Gasteiger partial charge < -0.3 is 19.9 Å². The van der Waals surface area contributed by atoms with Crippen LogP contribution in [0.4, 0.5) is 5.69 Å². The summed E-state index contributed by atoms with van der Waals surface area (Å²) < 4.78 is 5.70. The molecule has 1 N–H and O–H groups in total. The first kappa shape index (κ1) is 18.1. The van der Waals surface area contributed by atoms with Crippen molar-refractivity contribution in [3.63, 3.8) is 0 Å². The van der Waals surface area contributed by atoms with Gasteiger partial charge >= 0.3 is 0 Å². The lowest BCUT2D eigenvalue weighted by Gasteiger charge is -2.38. The van der Waals surface area contributed by atoms with E-state index >= 15 is 0 Å². The molecule has 5 heteroatoms. The second kappa shape index (κ2) is 8.56. The molecule has 0 amide bonds. The molecule has 2 saturated heterocycles. The van der Waals surface area contributed by atoms with Crippen LogP contribution >= 0.6 is 0 Å². The van der Waals surface area contributed by atoms with Crippen LogP contribution in [-0.2, 0) is 4.74 Å². The van der Waals surface area contributed by atoms with Gasteiger partial charge in [-0.2, -0.15) is 0 Å². The lowest BCUT2D eigenvalue weighted by Crippen LogP contribution is -2.53. The van der Waals surface area contributed by atoms with Crippen molar-refractivity contribution >= 4 is 11.6 Å². The SMILES string of the molecule is CN=C(NCCC1CCCO1)N1CCN(c2cccc(C)c2C)CC1. The Bertz CT molecular complexity index is 587. The first-order valence-electron chi connectivity index (χ1n) is 9.57. The van der Waals surface area contributed by atoms with Gasteiger partial charge in [-0.15, -0.1) is 0 Å². The van der Waals surface area contributed by atoms with Gasteiger partial charge in [-0.3, -0.25) is 4.99 Å². The second-order valence-electron chi connectivity index (χ2n) is 7.09. The highest BCUT2D eigenvalue weighted by Gasteiger charge is 2.21. The Morgan fingerprint density at radius 2 is 2.04 bits per heavy atom. The highest BCUT2D eigenvalue weighted by Crippen LogP contribution is 2.23. The minimum atomic E-state index is 0.437. The lowest BCUT2D eigenvalue weighted by atomic mass is 10.1. The standard InChI is InChI=1S/C20H32N4O/c1-16-6-4-8-19(17(16)2)23-11-13-24(14-12-23)20(21-3)22-10-9-18-7-5-15-25-18/h4,6,8,18H,5,7,9-15H2,1-3H3,(H,21,22). The van der Waals surface area contributed by atoms with Gasteiger partial charge in [0.25, 0.3) is 0 Å². The molecule has 0 bridgehead atoms. The third-order valence-electron chi connectivity index (χ3n) is 5.48. The summed E-state index contributed by atoms with van der Waals surface area (Å²) in [6.45, 7) is 10.4. The van der Waals surface area contributed by atoms with Gasteiger partial charge in [0.05, 0.1) is 6.10 Å². The van der Waals surface area contributed by atoms with E-state index in [1.54, 1.807) is 0 Å². The number of nitrogens with one attached hydrogen (secondary N) is 1. The zero-order valence-electron chi connectivity index (χ0n) is 15.9. The van der Waals surface area contributed by atoms with Gasteiger partial charge in [0.1, 0.15) is 0 Å². The van der Waals surface area contributed by atoms with Crippen LogP contribution in [0.3, 0.4) is 0 Å². The molecular formula is C20H32N4O. The van der Waals surface area contributed by atoms with Crippen LogP contribution in [0, 0.1) is 13.8 Å². The fourth-order valence-electron chi connectivity index (χ4n) is 3.79. The topological polar surface area (TPSA) is 40.1 Å². The Hall–Kier alpha value is -1.75. The predicted molar refractivity (Wildman–Crippen MR) is 105 cm³/mol. The summed E-state index contributed by atoms with van der Waals surface area (Å²) in [5, 5.41) is 3.52. The number of benzene rings is 1. The summed E-state index contributed by atoms with van der Waals surface area (Å²) in [5.74, 6) is 1.03. The summed E-state index contributed by atoms with van der Waals surface area (Å²) in [6, 6.07) is 6.59. The molecule has 5 nitrogen and oxygen atoms in total. The zero-order chi connectivity index (χ0) is 17.6. The summed E-state index contributed by atoms with van der Waals surface area (Å²) >= 11 is 0. The number of anilines is 1. The molecule has 1 aromatic rings. The van der Waals surface area contributed by atoms with E-state index in [1.807, 2.05) is 7.05 Å². The normalized spacial score (nSPS) is 21.7. The van der Waals surface area contributed by atoms with Crippen LogP contribution in [0.15, 0.2) is 23.2 Å². The molecule has 2 fully saturated rings. The lowest BCUT2D eigenvalue weighted by molar-refractivity contribution is 0.105. The first-order valence-corrected chi connectivity index (χ1v) is 9.57. The summed E-state index contributed by atoms with van der Waals surface area (Å²) in [4.78, 5) is 9.35. The maximum Gasteiger partial charge on any atom is 0.193 e. The van der Waals surface area contributed by atoms with E-state index in [0.29, 0.717) is 6.10 Å². The van der Waals surface area contributed by atoms with Gasteiger partial charge in [0.15, 0.2) is 5.96 Å². The molecule has 2 heterocycles. The molecule has 25 heavy (non-hydrogen) atoms. The summed E-state index contributed by atoms with van der Waals surface area (Å²) in [5.41, 5.74) is 4.14. The molecule has 2 aliphatic rings. The monoisotopic (exact) mass is 344 g/mol. The van der Waals surface area contributed by atoms with Crippen molar-refractivity contribution < 1.29 is 4.74 Å². The van der Waals surface area contributed by atoms with Crippen LogP contribution in [0.1, 0.15) is 30.4 Å². The molecule has 0 spiro atoms. The van der Waals surface area contributed by atoms with Crippen LogP contribution in [0.25, 0.3) is 0 Å². The molecule has 0 aromatic heterocycles. The fourth-order valence-corrected chi connectivity index (χ4v) is 3.79. The van der Waals surface area contributed by atoms with Gasteiger partial charge in [0.2, 0.25) is 0 Å². The van der Waals surface area contributed by atoms with Crippen LogP contribution < -0.4 is 10.2 Å². The molecule has 1 unspecified atom stereocenters. The van der Waals surface area contributed by atoms with Gasteiger partial charge in [0, 0.05) is 52.1 Å². The van der Waals surface area contributed by atoms with E-state index < -0.39 is 0 Å². The van der Waals surface area contributed by atoms with E-state index in [4.69, 9.17) is 4.74 Å². The molecular weight excluding hydrogens is 312 g/mol. The average molecular weight is 345 g/mol. The highest BCUT2D eigenvalue weighted by molar-refractivity contribution is 5.80. The van der Waals surface area contributed by atoms with Crippen molar-refractivity contribution in [1.29, 1.82) is 0 Å². The minimum Gasteiger partial charge on any atom is -0.378 e. The number of ether oxygens (including phenoxy) is 1. The van der Waals surface area contributed by atoms with E-state index in [9.17, 15) is 0 Å². The molecule has 2 aliphatic heterocycles. The van der Waals surface area contributed by atoms with E-state index in [-0.39, 0.29) is 0 Å². The van der Waals surface area contributed by atoms with Gasteiger partial charge in [-0.05, 0) is 50.3 Å². The Labute approximate surface area is 152 Å². The largest absolute Gasteiger partial charge is 0.378 e. The Balaban J connectivity index is 1.49. The first-order chi connectivity index (χ1) is 12.2. The molecule has 0 radical (unpaired) electrons. The smallest absolute Gasteiger partial charge is 0.193 e. The van der Waals surface area contributed by atoms with E-state index in [2.05, 4.69) is 52.2 Å². The molecule has 3 rings (SSSR count). The van der Waals surface area contributed by atoms with Crippen molar-refractivity contribution in [2.75, 3.05) is 51.3 Å². The Morgan fingerprint density at radius 3 is 2.72 bits per heavy atom. The van der Waals surface area contributed by atoms with Crippen molar-refractivity contribution in [2.24, 2.45) is 4.99 Å². The molecule has 1 aromatic carbocycles. The second-order valence-corrected chi connectivity index (χ2v) is 7.09. The van der Waals surface area contributed by atoms with Crippen molar-refractivity contribution in [3.8, 4) is 0 Å². The summed E-state index contributed by atoms with van der Waals surface area (Å²) in [6.07, 6.45) is 3.92. The molecule has 1 atom stereocenters. The fraction of sp³-hybridized carbons (Fsp3) is 0.650. The number of hydrogen-bond acceptors (Lipinski definition) is 3. The van der Waals surface area contributed by atoms with E-state index in [1.165, 1.54) is 29.7 Å². The van der Waals surface area contributed by atoms with Crippen molar-refractivity contribution in [1.82, 2.24) is 10.2 Å². The average Bonchev–Trinajstić information content (AvgIpc) is 3.15. The van der Waals surface area contributed by atoms with Crippen molar-refractivity contribution in [2.45, 2.75) is 39.2 Å². The van der Waals surface area contributed by atoms with Gasteiger partial charge in [-0.1, -0.05) is 12.1 Å². The number of hydrogen-bond donors (Lipinski definition) is 1. The van der Waals surface area contributed by atoms with Crippen LogP contribution in [0.5, 0.6) is 0 Å². The molecule has 0 aliphatic carbocycles. The van der Waals surface area contributed by atoms with Crippen LogP contribution in [-0.4, -0.2) is 63.3 Å². The maximum absolute atomic E-state index is 5.70. The zero-order valence-corrected chi connectivity index (χ0v) is 15.9. The number of piperazine rings is 1. The minimum absolute atomic E-state index is 0.437. The Morgan fingerprint density at radius 1 is 1.24 bits per heavy atom.